The fourth-order valence-electron chi connectivity index (χ4n) is 4.04. The average Bonchev–Trinajstić information content (AvgIpc) is 3.23. The number of nitrogens with one attached hydrogen (secondary N) is 1. The van der Waals surface area contributed by atoms with Crippen molar-refractivity contribution in [3.05, 3.63) is 28.6 Å². The fraction of sp³-hybridized carbons (Fsp3) is 0.500. The predicted molar refractivity (Wildman–Crippen MR) is 121 cm³/mol. The Balaban J connectivity index is 1.70. The van der Waals surface area contributed by atoms with Crippen LogP contribution < -0.4 is 9.62 Å². The number of sulfonamides is 1. The van der Waals surface area contributed by atoms with Gasteiger partial charge < -0.3 is 9.64 Å². The zero-order valence-corrected chi connectivity index (χ0v) is 20.0. The Kier molecular flexibility index (Phi) is 5.55. The summed E-state index contributed by atoms with van der Waals surface area (Å²) in [7, 11) is -2.34. The molecule has 3 aromatic rings. The van der Waals surface area contributed by atoms with Crippen molar-refractivity contribution in [3.63, 3.8) is 0 Å². The van der Waals surface area contributed by atoms with E-state index >= 15 is 0 Å². The molecule has 2 fully saturated rings. The van der Waals surface area contributed by atoms with E-state index in [2.05, 4.69) is 24.9 Å². The highest BCUT2D eigenvalue weighted by Crippen LogP contribution is 2.41. The van der Waals surface area contributed by atoms with Crippen LogP contribution in [0, 0.1) is 6.57 Å². The molecule has 1 aliphatic heterocycles. The summed E-state index contributed by atoms with van der Waals surface area (Å²) in [4.78, 5) is 5.43. The normalized spacial score (nSPS) is 20.1. The second kappa shape index (κ2) is 8.19. The molecule has 0 spiro atoms. The van der Waals surface area contributed by atoms with E-state index in [1.807, 2.05) is 11.8 Å². The Bertz CT molecular complexity index is 1410. The van der Waals surface area contributed by atoms with Crippen LogP contribution in [-0.4, -0.2) is 59.9 Å². The van der Waals surface area contributed by atoms with E-state index in [1.165, 1.54) is 6.07 Å². The number of ether oxygens (including phenoxy) is 1. The Morgan fingerprint density at radius 2 is 2.12 bits per heavy atom. The van der Waals surface area contributed by atoms with Crippen molar-refractivity contribution in [3.8, 4) is 10.7 Å². The van der Waals surface area contributed by atoms with Crippen molar-refractivity contribution < 1.29 is 21.9 Å². The minimum absolute atomic E-state index is 0.0306. The Hall–Kier alpha value is -2.73. The number of rotatable bonds is 6. The molecular weight excluding hydrogens is 488 g/mol. The molecule has 1 aromatic carbocycles. The van der Waals surface area contributed by atoms with Gasteiger partial charge in [0.15, 0.2) is 10.0 Å². The van der Waals surface area contributed by atoms with Gasteiger partial charge in [-0.1, -0.05) is 11.3 Å². The van der Waals surface area contributed by atoms with Crippen LogP contribution in [0.1, 0.15) is 31.2 Å². The van der Waals surface area contributed by atoms with E-state index in [-0.39, 0.29) is 21.7 Å². The molecule has 180 valence electrons. The molecular formula is C20H21F2N7O3S2. The summed E-state index contributed by atoms with van der Waals surface area (Å²) < 4.78 is 62.6. The van der Waals surface area contributed by atoms with E-state index in [0.717, 1.165) is 0 Å². The summed E-state index contributed by atoms with van der Waals surface area (Å²) in [5, 5.41) is 12.1. The molecule has 5 rings (SSSR count). The first-order valence-corrected chi connectivity index (χ1v) is 12.8. The molecule has 1 aliphatic carbocycles. The molecule has 10 nitrogen and oxygen atoms in total. The Morgan fingerprint density at radius 3 is 2.74 bits per heavy atom. The van der Waals surface area contributed by atoms with Gasteiger partial charge in [-0.3, -0.25) is 9.53 Å². The zero-order valence-electron chi connectivity index (χ0n) is 18.3. The highest BCUT2D eigenvalue weighted by Gasteiger charge is 2.54. The summed E-state index contributed by atoms with van der Waals surface area (Å²) in [6.45, 7) is 10.8. The number of hydrogen-bond donors (Lipinski definition) is 1. The minimum Gasteiger partial charge on any atom is -0.375 e. The van der Waals surface area contributed by atoms with Gasteiger partial charge in [0.05, 0.1) is 41.7 Å². The number of anilines is 1. The lowest BCUT2D eigenvalue weighted by Crippen LogP contribution is -2.41. The summed E-state index contributed by atoms with van der Waals surface area (Å²) in [6, 6.07) is 3.02. The van der Waals surface area contributed by atoms with Crippen LogP contribution >= 0.6 is 11.3 Å². The van der Waals surface area contributed by atoms with Crippen molar-refractivity contribution in [2.75, 3.05) is 24.6 Å². The highest BCUT2D eigenvalue weighted by atomic mass is 32.2. The minimum atomic E-state index is -4.04. The molecule has 2 aliphatic rings. The number of aryl methyl sites for hydroxylation is 1. The van der Waals surface area contributed by atoms with Gasteiger partial charge in [0.25, 0.3) is 12.1 Å². The van der Waals surface area contributed by atoms with E-state index in [1.54, 1.807) is 17.8 Å². The van der Waals surface area contributed by atoms with Gasteiger partial charge in [-0.15, -0.1) is 14.9 Å². The number of fused-ring (bicyclic) bond motifs is 1. The third-order valence-electron chi connectivity index (χ3n) is 5.88. The van der Waals surface area contributed by atoms with E-state index in [4.69, 9.17) is 11.3 Å². The summed E-state index contributed by atoms with van der Waals surface area (Å²) in [5.74, 6) is 0. The lowest BCUT2D eigenvalue weighted by atomic mass is 10.1. The second-order valence-corrected chi connectivity index (χ2v) is 11.1. The lowest BCUT2D eigenvalue weighted by Gasteiger charge is -2.33. The van der Waals surface area contributed by atoms with Crippen molar-refractivity contribution in [2.24, 2.45) is 7.05 Å². The monoisotopic (exact) mass is 509 g/mol. The molecule has 1 atom stereocenters. The van der Waals surface area contributed by atoms with Crippen LogP contribution in [0.2, 0.25) is 0 Å². The van der Waals surface area contributed by atoms with Crippen LogP contribution in [-0.2, 0) is 21.8 Å². The predicted octanol–water partition coefficient (Wildman–Crippen LogP) is 2.94. The number of nitrogens with zero attached hydrogens (tertiary/aromatic N) is 6. The van der Waals surface area contributed by atoms with Crippen LogP contribution in [0.15, 0.2) is 17.0 Å². The first-order chi connectivity index (χ1) is 16.1. The smallest absolute Gasteiger partial charge is 0.299 e. The number of hydrogen-bond acceptors (Lipinski definition) is 8. The third kappa shape index (κ3) is 4.02. The summed E-state index contributed by atoms with van der Waals surface area (Å²) in [6.07, 6.45) is -1.94. The highest BCUT2D eigenvalue weighted by molar-refractivity contribution is 7.89. The maximum Gasteiger partial charge on any atom is 0.299 e. The van der Waals surface area contributed by atoms with Crippen molar-refractivity contribution in [1.29, 1.82) is 0 Å². The van der Waals surface area contributed by atoms with Gasteiger partial charge in [0.1, 0.15) is 5.69 Å². The summed E-state index contributed by atoms with van der Waals surface area (Å²) >= 11 is 0.715. The lowest BCUT2D eigenvalue weighted by molar-refractivity contribution is 0.0533. The standard InChI is InChI=1S/C20H21F2N7O3S2/c1-11-10-29(6-7-32-11)14-9-12(34(30,31)27-20(23-2)4-5-20)8-13-15(26-28(3)16(13)14)18-24-25-19(33-18)17(21)22/h8-9,11,17,27H,4-7,10H2,1,3H3/t11-/m1/s1. The molecule has 3 heterocycles. The van der Waals surface area contributed by atoms with Crippen molar-refractivity contribution in [2.45, 2.75) is 42.9 Å². The number of benzene rings is 1. The molecule has 0 unspecified atom stereocenters. The van der Waals surface area contributed by atoms with E-state index in [9.17, 15) is 17.2 Å². The Morgan fingerprint density at radius 1 is 1.35 bits per heavy atom. The van der Waals surface area contributed by atoms with Crippen molar-refractivity contribution >= 4 is 38.0 Å². The number of aromatic nitrogens is 4. The van der Waals surface area contributed by atoms with E-state index < -0.39 is 27.1 Å². The van der Waals surface area contributed by atoms with Gasteiger partial charge in [-0.05, 0) is 19.1 Å². The second-order valence-electron chi connectivity index (χ2n) is 8.43. The van der Waals surface area contributed by atoms with Gasteiger partial charge >= 0.3 is 0 Å². The molecule has 1 saturated carbocycles. The Labute approximate surface area is 198 Å². The zero-order chi connectivity index (χ0) is 24.3. The molecule has 2 aromatic heterocycles. The van der Waals surface area contributed by atoms with Gasteiger partial charge in [-0.2, -0.15) is 5.10 Å². The SMILES string of the molecule is [C-]#[N+]C1(NS(=O)(=O)c2cc(N3CCO[C@H](C)C3)c3c(c2)c(-c2nnc(C(F)F)s2)nn3C)CC1. The average molecular weight is 510 g/mol. The van der Waals surface area contributed by atoms with Crippen LogP contribution in [0.4, 0.5) is 14.5 Å². The van der Waals surface area contributed by atoms with Crippen LogP contribution in [0.5, 0.6) is 0 Å². The van der Waals surface area contributed by atoms with Crippen molar-refractivity contribution in [1.82, 2.24) is 24.7 Å². The topological polar surface area (TPSA) is 107 Å². The van der Waals surface area contributed by atoms with E-state index in [0.29, 0.717) is 60.5 Å². The first-order valence-electron chi connectivity index (χ1n) is 10.5. The van der Waals surface area contributed by atoms with Crippen LogP contribution in [0.3, 0.4) is 0 Å². The number of alkyl halides is 2. The maximum absolute atomic E-state index is 13.3. The summed E-state index contributed by atoms with van der Waals surface area (Å²) in [5.41, 5.74) is 0.432. The molecule has 34 heavy (non-hydrogen) atoms. The fourth-order valence-corrected chi connectivity index (χ4v) is 6.15. The quantitative estimate of drug-likeness (QED) is 0.509. The van der Waals surface area contributed by atoms with Gasteiger partial charge in [-0.25, -0.2) is 23.8 Å². The first kappa shape index (κ1) is 23.0. The molecule has 14 heteroatoms. The maximum atomic E-state index is 13.3. The van der Waals surface area contributed by atoms with Crippen LogP contribution in [0.25, 0.3) is 26.4 Å². The molecule has 1 N–H and O–H groups in total. The molecule has 0 radical (unpaired) electrons. The number of morpholine rings is 1. The molecule has 0 amide bonds. The van der Waals surface area contributed by atoms with Gasteiger partial charge in [0, 0.05) is 25.5 Å². The third-order valence-corrected chi connectivity index (χ3v) is 8.32. The number of halogens is 2. The largest absolute Gasteiger partial charge is 0.375 e. The molecule has 0 bridgehead atoms. The van der Waals surface area contributed by atoms with Gasteiger partial charge in [0.2, 0.25) is 10.0 Å². The molecule has 1 saturated heterocycles.